The van der Waals surface area contributed by atoms with E-state index in [0.717, 1.165) is 6.07 Å². The minimum Gasteiger partial charge on any atom is -0.388 e. The molecule has 0 aliphatic heterocycles. The van der Waals surface area contributed by atoms with Crippen LogP contribution in [0.4, 0.5) is 18.9 Å². The fourth-order valence-electron chi connectivity index (χ4n) is 5.83. The molecule has 0 radical (unpaired) electrons. The summed E-state index contributed by atoms with van der Waals surface area (Å²) in [5.41, 5.74) is -2.02. The van der Waals surface area contributed by atoms with Gasteiger partial charge < -0.3 is 10.4 Å². The summed E-state index contributed by atoms with van der Waals surface area (Å²) in [5.74, 6) is -6.69. The van der Waals surface area contributed by atoms with Crippen LogP contribution in [0.1, 0.15) is 36.0 Å². The summed E-state index contributed by atoms with van der Waals surface area (Å²) >= 11 is 6.24. The fraction of sp³-hybridized carbons (Fsp3) is 0.333. The van der Waals surface area contributed by atoms with Gasteiger partial charge in [0.2, 0.25) is 10.0 Å². The number of fused-ring (bicyclic) bond motifs is 2. The Kier molecular flexibility index (Phi) is 8.13. The molecule has 1 aromatic heterocycles. The zero-order chi connectivity index (χ0) is 30.4. The number of aliphatic hydroxyl groups is 1. The quantitative estimate of drug-likeness (QED) is 0.314. The van der Waals surface area contributed by atoms with Crippen LogP contribution in [0.25, 0.3) is 0 Å². The molecule has 5 rings (SSSR count). The van der Waals surface area contributed by atoms with Crippen LogP contribution >= 0.6 is 11.6 Å². The molecule has 2 saturated carbocycles. The molecule has 2 aromatic carbocycles. The zero-order valence-electron chi connectivity index (χ0n) is 21.7. The van der Waals surface area contributed by atoms with E-state index in [4.69, 9.17) is 11.6 Å². The average Bonchev–Trinajstić information content (AvgIpc) is 3.10. The smallest absolute Gasteiger partial charge is 0.255 e. The Morgan fingerprint density at radius 3 is 2.26 bits per heavy atom. The number of hydrogen-bond donors (Lipinski definition) is 3. The number of anilines is 1. The van der Waals surface area contributed by atoms with E-state index in [2.05, 4.69) is 15.0 Å². The Bertz CT molecular complexity index is 1720. The van der Waals surface area contributed by atoms with Crippen molar-refractivity contribution in [1.82, 2.24) is 9.71 Å². The van der Waals surface area contributed by atoms with E-state index < -0.39 is 65.9 Å². The van der Waals surface area contributed by atoms with Gasteiger partial charge in [-0.2, -0.15) is 0 Å². The van der Waals surface area contributed by atoms with Crippen LogP contribution in [0.3, 0.4) is 0 Å². The van der Waals surface area contributed by atoms with Gasteiger partial charge in [0.05, 0.1) is 20.8 Å². The van der Waals surface area contributed by atoms with Gasteiger partial charge in [0, 0.05) is 42.3 Å². The number of pyridine rings is 1. The third kappa shape index (κ3) is 5.65. The normalized spacial score (nSPS) is 24.0. The number of aromatic nitrogens is 1. The molecule has 0 spiro atoms. The minimum absolute atomic E-state index is 0.0326. The van der Waals surface area contributed by atoms with Crippen molar-refractivity contribution in [1.29, 1.82) is 0 Å². The predicted octanol–water partition coefficient (Wildman–Crippen LogP) is 4.08. The molecule has 1 amide bonds. The first-order chi connectivity index (χ1) is 19.7. The van der Waals surface area contributed by atoms with E-state index in [1.807, 2.05) is 0 Å². The molecule has 9 nitrogen and oxygen atoms in total. The number of sulfonamides is 1. The molecule has 2 fully saturated rings. The van der Waals surface area contributed by atoms with Crippen LogP contribution in [-0.4, -0.2) is 50.2 Å². The van der Waals surface area contributed by atoms with Crippen LogP contribution in [0.2, 0.25) is 5.02 Å². The van der Waals surface area contributed by atoms with Gasteiger partial charge in [0.15, 0.2) is 27.3 Å². The number of carbonyl (C=O) groups excluding carboxylic acids is 1. The van der Waals surface area contributed by atoms with Crippen molar-refractivity contribution in [2.75, 3.05) is 11.9 Å². The standard InChI is InChI=1S/C27H25ClF3N3O6S2/c28-21-6-3-15(26(35)34-18-11-22(29)25(31)23(30)12-18)8-24(21)41(37,38)20-9-16-4-5-17(10-20)27(16,36)14-33-42(39,40)19-2-1-7-32-13-19/h1-3,6-8,11-13,16-17,20,33,36H,4-5,9-10,14H2,(H,34,35)/t16?,17?,20-,27-. The highest BCUT2D eigenvalue weighted by Crippen LogP contribution is 2.52. The summed E-state index contributed by atoms with van der Waals surface area (Å²) in [4.78, 5) is 16.2. The molecule has 1 heterocycles. The summed E-state index contributed by atoms with van der Waals surface area (Å²) in [6.07, 6.45) is 3.65. The molecule has 3 aromatic rings. The number of rotatable bonds is 8. The Hall–Kier alpha value is -3.04. The van der Waals surface area contributed by atoms with Gasteiger partial charge >= 0.3 is 0 Å². The lowest BCUT2D eigenvalue weighted by atomic mass is 9.74. The second-order valence-corrected chi connectivity index (χ2v) is 14.8. The Balaban J connectivity index is 1.33. The molecule has 15 heteroatoms. The second kappa shape index (κ2) is 11.2. The third-order valence-electron chi connectivity index (χ3n) is 8.04. The van der Waals surface area contributed by atoms with Crippen LogP contribution < -0.4 is 10.0 Å². The topological polar surface area (TPSA) is 143 Å². The van der Waals surface area contributed by atoms with E-state index in [1.54, 1.807) is 0 Å². The molecule has 0 saturated heterocycles. The van der Waals surface area contributed by atoms with Crippen molar-refractivity contribution in [2.45, 2.75) is 46.3 Å². The van der Waals surface area contributed by atoms with Gasteiger partial charge in [-0.15, -0.1) is 0 Å². The summed E-state index contributed by atoms with van der Waals surface area (Å²) in [5, 5.41) is 12.6. The summed E-state index contributed by atoms with van der Waals surface area (Å²) in [6, 6.07) is 7.48. The number of carbonyl (C=O) groups is 1. The van der Waals surface area contributed by atoms with Gasteiger partial charge in [-0.25, -0.2) is 34.7 Å². The summed E-state index contributed by atoms with van der Waals surface area (Å²) in [6.45, 7) is -0.298. The first-order valence-corrected chi connectivity index (χ1v) is 16.2. The Morgan fingerprint density at radius 2 is 1.67 bits per heavy atom. The van der Waals surface area contributed by atoms with E-state index in [0.29, 0.717) is 25.0 Å². The molecule has 42 heavy (non-hydrogen) atoms. The van der Waals surface area contributed by atoms with Crippen molar-refractivity contribution in [3.05, 3.63) is 82.9 Å². The van der Waals surface area contributed by atoms with Crippen molar-refractivity contribution >= 4 is 43.1 Å². The maximum atomic E-state index is 13.7. The number of nitrogens with one attached hydrogen (secondary N) is 2. The second-order valence-electron chi connectivity index (χ2n) is 10.5. The number of halogens is 4. The third-order valence-corrected chi connectivity index (χ3v) is 12.1. The first-order valence-electron chi connectivity index (χ1n) is 12.8. The first kappa shape index (κ1) is 30.4. The van der Waals surface area contributed by atoms with Gasteiger partial charge in [0.1, 0.15) is 4.90 Å². The van der Waals surface area contributed by atoms with Crippen molar-refractivity contribution in [3.8, 4) is 0 Å². The van der Waals surface area contributed by atoms with E-state index in [9.17, 15) is 39.9 Å². The maximum absolute atomic E-state index is 13.7. The summed E-state index contributed by atoms with van der Waals surface area (Å²) in [7, 11) is -8.10. The summed E-state index contributed by atoms with van der Waals surface area (Å²) < 4.78 is 95.7. The molecule has 224 valence electrons. The van der Waals surface area contributed by atoms with Crippen molar-refractivity contribution in [2.24, 2.45) is 11.8 Å². The van der Waals surface area contributed by atoms with Crippen LogP contribution in [0, 0.1) is 29.3 Å². The van der Waals surface area contributed by atoms with E-state index in [-0.39, 0.29) is 45.5 Å². The fourth-order valence-corrected chi connectivity index (χ4v) is 9.27. The average molecular weight is 644 g/mol. The number of nitrogens with zero attached hydrogens (tertiary/aromatic N) is 1. The largest absolute Gasteiger partial charge is 0.388 e. The minimum atomic E-state index is -4.14. The number of amides is 1. The number of benzene rings is 2. The molecule has 2 aliphatic carbocycles. The van der Waals surface area contributed by atoms with E-state index >= 15 is 0 Å². The molecule has 2 bridgehead atoms. The van der Waals surface area contributed by atoms with Gasteiger partial charge in [-0.1, -0.05) is 11.6 Å². The molecule has 2 atom stereocenters. The Labute approximate surface area is 245 Å². The molecule has 2 aliphatic rings. The number of hydrogen-bond acceptors (Lipinski definition) is 7. The number of sulfone groups is 1. The van der Waals surface area contributed by atoms with Gasteiger partial charge in [-0.05, 0) is 67.9 Å². The van der Waals surface area contributed by atoms with Gasteiger partial charge in [-0.3, -0.25) is 9.78 Å². The lowest BCUT2D eigenvalue weighted by Crippen LogP contribution is -2.54. The monoisotopic (exact) mass is 643 g/mol. The highest BCUT2D eigenvalue weighted by Gasteiger charge is 2.56. The van der Waals surface area contributed by atoms with Crippen LogP contribution in [0.5, 0.6) is 0 Å². The zero-order valence-corrected chi connectivity index (χ0v) is 24.1. The highest BCUT2D eigenvalue weighted by atomic mass is 35.5. The van der Waals surface area contributed by atoms with Gasteiger partial charge in [0.25, 0.3) is 5.91 Å². The Morgan fingerprint density at radius 1 is 1.02 bits per heavy atom. The predicted molar refractivity (Wildman–Crippen MR) is 147 cm³/mol. The molecular formula is C27H25ClF3N3O6S2. The maximum Gasteiger partial charge on any atom is 0.255 e. The highest BCUT2D eigenvalue weighted by molar-refractivity contribution is 7.92. The SMILES string of the molecule is O=C(Nc1cc(F)c(F)c(F)c1)c1ccc(Cl)c(S(=O)(=O)[C@H]2CC3CCC(C2)[C@]3(O)CNS(=O)(=O)c2cccnc2)c1. The molecular weight excluding hydrogens is 619 g/mol. The molecule has 2 unspecified atom stereocenters. The lowest BCUT2D eigenvalue weighted by molar-refractivity contribution is -0.0525. The van der Waals surface area contributed by atoms with Crippen LogP contribution in [-0.2, 0) is 19.9 Å². The van der Waals surface area contributed by atoms with Crippen molar-refractivity contribution in [3.63, 3.8) is 0 Å². The van der Waals surface area contributed by atoms with E-state index in [1.165, 1.54) is 36.7 Å². The van der Waals surface area contributed by atoms with Crippen molar-refractivity contribution < 1.29 is 39.9 Å². The molecule has 3 N–H and O–H groups in total. The van der Waals surface area contributed by atoms with Crippen LogP contribution in [0.15, 0.2) is 64.6 Å². The lowest BCUT2D eigenvalue weighted by Gasteiger charge is -2.42.